The maximum Gasteiger partial charge on any atom is 0.288 e. The Hall–Kier alpha value is -2.61. The fraction of sp³-hybridized carbons (Fsp3) is 0.333. The Morgan fingerprint density at radius 2 is 1.77 bits per heavy atom. The van der Waals surface area contributed by atoms with Crippen molar-refractivity contribution in [2.75, 3.05) is 29.6 Å². The van der Waals surface area contributed by atoms with Crippen molar-refractivity contribution in [2.24, 2.45) is 0 Å². The number of piperidine rings is 1. The number of hydrogen-bond acceptors (Lipinski definition) is 6. The molecule has 0 aromatic heterocycles. The smallest absolute Gasteiger partial charge is 0.288 e. The molecule has 3 rings (SSSR count). The van der Waals surface area contributed by atoms with E-state index in [4.69, 9.17) is 0 Å². The van der Waals surface area contributed by atoms with Crippen molar-refractivity contribution in [2.45, 2.75) is 23.8 Å². The number of nitrogens with zero attached hydrogens (tertiary/aromatic N) is 2. The molecule has 0 spiro atoms. The Morgan fingerprint density at radius 3 is 2.35 bits per heavy atom. The maximum atomic E-state index is 11.9. The quantitative estimate of drug-likeness (QED) is 0.638. The minimum absolute atomic E-state index is 0.232. The van der Waals surface area contributed by atoms with Crippen molar-refractivity contribution in [1.29, 1.82) is 0 Å². The molecule has 1 N–H and O–H groups in total. The first kappa shape index (κ1) is 18.2. The zero-order valence-corrected chi connectivity index (χ0v) is 15.3. The molecule has 0 bridgehead atoms. The molecule has 2 aromatic rings. The average molecular weight is 375 g/mol. The van der Waals surface area contributed by atoms with E-state index in [0.717, 1.165) is 37.9 Å². The Bertz CT molecular complexity index is 892. The van der Waals surface area contributed by atoms with Gasteiger partial charge in [0.25, 0.3) is 5.69 Å². The van der Waals surface area contributed by atoms with Crippen LogP contribution in [0.25, 0.3) is 0 Å². The van der Waals surface area contributed by atoms with E-state index in [-0.39, 0.29) is 10.6 Å². The first-order valence-electron chi connectivity index (χ1n) is 8.39. The van der Waals surface area contributed by atoms with E-state index in [1.54, 1.807) is 6.07 Å². The van der Waals surface area contributed by atoms with Gasteiger partial charge in [-0.2, -0.15) is 0 Å². The lowest BCUT2D eigenvalue weighted by Crippen LogP contribution is -2.39. The van der Waals surface area contributed by atoms with E-state index in [1.807, 2.05) is 30.3 Å². The Morgan fingerprint density at radius 1 is 1.12 bits per heavy atom. The maximum absolute atomic E-state index is 11.9. The summed E-state index contributed by atoms with van der Waals surface area (Å²) in [4.78, 5) is 12.3. The van der Waals surface area contributed by atoms with Crippen molar-refractivity contribution >= 4 is 26.9 Å². The SMILES string of the molecule is CS(=O)(=O)c1cc(N2CCC(Nc3ccccc3)CC2)ccc1[N+](=O)[O-]. The number of hydrogen-bond donors (Lipinski definition) is 1. The molecule has 8 heteroatoms. The fourth-order valence-electron chi connectivity index (χ4n) is 3.20. The number of nitro benzene ring substituents is 1. The van der Waals surface area contributed by atoms with E-state index >= 15 is 0 Å². The van der Waals surface area contributed by atoms with Gasteiger partial charge in [0.15, 0.2) is 9.84 Å². The lowest BCUT2D eigenvalue weighted by Gasteiger charge is -2.34. The van der Waals surface area contributed by atoms with E-state index < -0.39 is 14.8 Å². The number of nitrogens with one attached hydrogen (secondary N) is 1. The van der Waals surface area contributed by atoms with Crippen molar-refractivity contribution in [1.82, 2.24) is 0 Å². The van der Waals surface area contributed by atoms with Crippen LogP contribution in [0.1, 0.15) is 12.8 Å². The highest BCUT2D eigenvalue weighted by molar-refractivity contribution is 7.90. The van der Waals surface area contributed by atoms with Crippen molar-refractivity contribution < 1.29 is 13.3 Å². The summed E-state index contributed by atoms with van der Waals surface area (Å²) in [6.07, 6.45) is 2.80. The molecule has 1 aliphatic heterocycles. The van der Waals surface area contributed by atoms with Gasteiger partial charge >= 0.3 is 0 Å². The Balaban J connectivity index is 1.72. The fourth-order valence-corrected chi connectivity index (χ4v) is 4.06. The van der Waals surface area contributed by atoms with Crippen LogP contribution in [0.15, 0.2) is 53.4 Å². The third-order valence-electron chi connectivity index (χ3n) is 4.54. The van der Waals surface area contributed by atoms with E-state index in [0.29, 0.717) is 11.7 Å². The molecule has 0 atom stereocenters. The van der Waals surface area contributed by atoms with Crippen molar-refractivity contribution in [3.63, 3.8) is 0 Å². The van der Waals surface area contributed by atoms with Gasteiger partial charge in [0.05, 0.1) is 4.92 Å². The van der Waals surface area contributed by atoms with Crippen LogP contribution in [0, 0.1) is 10.1 Å². The second-order valence-electron chi connectivity index (χ2n) is 6.45. The van der Waals surface area contributed by atoms with Crippen LogP contribution in [0.5, 0.6) is 0 Å². The van der Waals surface area contributed by atoms with Gasteiger partial charge in [-0.25, -0.2) is 8.42 Å². The molecular weight excluding hydrogens is 354 g/mol. The zero-order chi connectivity index (χ0) is 18.7. The third kappa shape index (κ3) is 4.13. The molecule has 1 fully saturated rings. The van der Waals surface area contributed by atoms with Crippen molar-refractivity contribution in [3.8, 4) is 0 Å². The topological polar surface area (TPSA) is 92.6 Å². The standard InChI is InChI=1S/C18H21N3O4S/c1-26(24,25)18-13-16(7-8-17(18)21(22)23)20-11-9-15(10-12-20)19-14-5-3-2-4-6-14/h2-8,13,15,19H,9-12H2,1H3. The Kier molecular flexibility index (Phi) is 5.13. The van der Waals surface area contributed by atoms with Crippen LogP contribution < -0.4 is 10.2 Å². The second kappa shape index (κ2) is 7.33. The van der Waals surface area contributed by atoms with Gasteiger partial charge < -0.3 is 10.2 Å². The molecule has 1 saturated heterocycles. The van der Waals surface area contributed by atoms with E-state index in [2.05, 4.69) is 10.2 Å². The number of nitro groups is 1. The molecule has 0 amide bonds. The summed E-state index contributed by atoms with van der Waals surface area (Å²) in [6, 6.07) is 14.7. The molecule has 1 aliphatic rings. The molecule has 2 aromatic carbocycles. The highest BCUT2D eigenvalue weighted by atomic mass is 32.2. The normalized spacial score (nSPS) is 15.7. The zero-order valence-electron chi connectivity index (χ0n) is 14.5. The van der Waals surface area contributed by atoms with Gasteiger partial charge in [0.2, 0.25) is 0 Å². The highest BCUT2D eigenvalue weighted by Gasteiger charge is 2.25. The van der Waals surface area contributed by atoms with Crippen molar-refractivity contribution in [3.05, 3.63) is 58.6 Å². The first-order valence-corrected chi connectivity index (χ1v) is 10.3. The summed E-state index contributed by atoms with van der Waals surface area (Å²) in [5, 5.41) is 14.6. The molecule has 0 unspecified atom stereocenters. The monoisotopic (exact) mass is 375 g/mol. The molecule has 0 saturated carbocycles. The van der Waals surface area contributed by atoms with Gasteiger partial charge in [0, 0.05) is 42.8 Å². The lowest BCUT2D eigenvalue weighted by molar-refractivity contribution is -0.387. The third-order valence-corrected chi connectivity index (χ3v) is 5.67. The second-order valence-corrected chi connectivity index (χ2v) is 8.44. The van der Waals surface area contributed by atoms with Crippen LogP contribution >= 0.6 is 0 Å². The molecular formula is C18H21N3O4S. The van der Waals surface area contributed by atoms with Gasteiger partial charge in [0.1, 0.15) is 4.90 Å². The molecule has 1 heterocycles. The summed E-state index contributed by atoms with van der Waals surface area (Å²) in [5.41, 5.74) is 1.41. The number of anilines is 2. The van der Waals surface area contributed by atoms with Gasteiger partial charge in [-0.1, -0.05) is 18.2 Å². The molecule has 0 radical (unpaired) electrons. The minimum Gasteiger partial charge on any atom is -0.382 e. The summed E-state index contributed by atoms with van der Waals surface area (Å²) in [6.45, 7) is 1.51. The van der Waals surface area contributed by atoms with E-state index in [1.165, 1.54) is 12.1 Å². The predicted octanol–water partition coefficient (Wildman–Crippen LogP) is 3.08. The molecule has 0 aliphatic carbocycles. The number of para-hydroxylation sites is 1. The van der Waals surface area contributed by atoms with Crippen LogP contribution in [0.4, 0.5) is 17.1 Å². The lowest BCUT2D eigenvalue weighted by atomic mass is 10.0. The van der Waals surface area contributed by atoms with E-state index in [9.17, 15) is 18.5 Å². The summed E-state index contributed by atoms with van der Waals surface area (Å²) in [5.74, 6) is 0. The Labute approximate surface area is 152 Å². The van der Waals surface area contributed by atoms with Gasteiger partial charge in [-0.15, -0.1) is 0 Å². The van der Waals surface area contributed by atoms with Crippen LogP contribution in [0.3, 0.4) is 0 Å². The highest BCUT2D eigenvalue weighted by Crippen LogP contribution is 2.30. The average Bonchev–Trinajstić information content (AvgIpc) is 2.62. The minimum atomic E-state index is -3.67. The predicted molar refractivity (Wildman–Crippen MR) is 102 cm³/mol. The van der Waals surface area contributed by atoms with Gasteiger partial charge in [-0.3, -0.25) is 10.1 Å². The molecule has 138 valence electrons. The van der Waals surface area contributed by atoms with Crippen LogP contribution in [0.2, 0.25) is 0 Å². The summed E-state index contributed by atoms with van der Waals surface area (Å²) in [7, 11) is -3.67. The summed E-state index contributed by atoms with van der Waals surface area (Å²) < 4.78 is 23.8. The number of benzene rings is 2. The summed E-state index contributed by atoms with van der Waals surface area (Å²) >= 11 is 0. The largest absolute Gasteiger partial charge is 0.382 e. The first-order chi connectivity index (χ1) is 12.3. The van der Waals surface area contributed by atoms with Crippen LogP contribution in [-0.4, -0.2) is 38.7 Å². The van der Waals surface area contributed by atoms with Gasteiger partial charge in [-0.05, 0) is 37.1 Å². The number of sulfone groups is 1. The molecule has 7 nitrogen and oxygen atoms in total. The number of rotatable bonds is 5. The molecule has 26 heavy (non-hydrogen) atoms. The van der Waals surface area contributed by atoms with Crippen LogP contribution in [-0.2, 0) is 9.84 Å².